The van der Waals surface area contributed by atoms with Gasteiger partial charge in [-0.1, -0.05) is 59.1 Å². The summed E-state index contributed by atoms with van der Waals surface area (Å²) in [4.78, 5) is 17.6. The van der Waals surface area contributed by atoms with Crippen LogP contribution in [0.25, 0.3) is 0 Å². The summed E-state index contributed by atoms with van der Waals surface area (Å²) in [6, 6.07) is 3.02. The zero-order chi connectivity index (χ0) is 40.6. The molecule has 1 aromatic carbocycles. The average Bonchev–Trinajstić information content (AvgIpc) is 3.16. The summed E-state index contributed by atoms with van der Waals surface area (Å²) in [7, 11) is 3.73. The molecular weight excluding hydrogens is 767 g/mol. The van der Waals surface area contributed by atoms with Gasteiger partial charge in [0.05, 0.1) is 24.2 Å². The molecule has 3 heterocycles. The number of nitrogens with one attached hydrogen (secondary N) is 3. The van der Waals surface area contributed by atoms with Gasteiger partial charge in [-0.25, -0.2) is 0 Å². The van der Waals surface area contributed by atoms with Crippen molar-refractivity contribution in [1.82, 2.24) is 16.0 Å². The van der Waals surface area contributed by atoms with Gasteiger partial charge in [-0.2, -0.15) is 0 Å². The summed E-state index contributed by atoms with van der Waals surface area (Å²) in [6.07, 6.45) is 5.31. The normalized spacial score (nSPS) is 33.6. The molecule has 2 fully saturated rings. The van der Waals surface area contributed by atoms with Gasteiger partial charge in [0.15, 0.2) is 23.7 Å². The summed E-state index contributed by atoms with van der Waals surface area (Å²) in [6.45, 7) is 5.48. The third-order valence-corrected chi connectivity index (χ3v) is 15.6. The topological polar surface area (TPSA) is 211 Å². The highest BCUT2D eigenvalue weighted by molar-refractivity contribution is 8.76. The number of nitrogens with zero attached hydrogens (tertiary/aromatic N) is 1. The fraction of sp³-hybridized carbons (Fsp3) is 0.762. The second-order valence-electron chi connectivity index (χ2n) is 17.3. The largest absolute Gasteiger partial charge is 0.504 e. The van der Waals surface area contributed by atoms with Crippen LogP contribution in [0, 0.1) is 29.1 Å². The van der Waals surface area contributed by atoms with E-state index >= 15 is 0 Å². The Bertz CT molecular complexity index is 1620. The molecule has 3 aliphatic heterocycles. The predicted molar refractivity (Wildman–Crippen MR) is 225 cm³/mol. The summed E-state index contributed by atoms with van der Waals surface area (Å²) in [5.41, 5.74) is 5.79. The van der Waals surface area contributed by atoms with Crippen LogP contribution in [0.4, 0.5) is 0 Å². The molecule has 5 aliphatic rings. The van der Waals surface area contributed by atoms with E-state index in [9.17, 15) is 30.3 Å². The van der Waals surface area contributed by atoms with Crippen molar-refractivity contribution in [1.29, 1.82) is 0 Å². The van der Waals surface area contributed by atoms with Crippen LogP contribution >= 0.6 is 21.6 Å². The molecule has 1 aromatic rings. The van der Waals surface area contributed by atoms with Crippen LogP contribution in [0.2, 0.25) is 0 Å². The van der Waals surface area contributed by atoms with Gasteiger partial charge in [0.2, 0.25) is 0 Å². The van der Waals surface area contributed by atoms with Crippen LogP contribution in [0.1, 0.15) is 115 Å². The fourth-order valence-electron chi connectivity index (χ4n) is 9.70. The maximum atomic E-state index is 12.7. The van der Waals surface area contributed by atoms with Gasteiger partial charge in [-0.3, -0.25) is 9.79 Å². The number of fused-ring (bicyclic) bond motifs is 6. The van der Waals surface area contributed by atoms with Gasteiger partial charge in [-0.05, 0) is 82.5 Å². The highest BCUT2D eigenvalue weighted by atomic mass is 33.1. The smallest absolute Gasteiger partial charge is 0.302 e. The monoisotopic (exact) mass is 831 g/mol. The number of guanidine groups is 1. The van der Waals surface area contributed by atoms with E-state index in [-0.39, 0.29) is 60.1 Å². The first-order chi connectivity index (χ1) is 27.3. The molecule has 1 saturated carbocycles. The molecule has 0 unspecified atom stereocenters. The van der Waals surface area contributed by atoms with Crippen LogP contribution < -0.4 is 26.4 Å². The summed E-state index contributed by atoms with van der Waals surface area (Å²) in [5, 5.41) is 66.8. The first-order valence-corrected chi connectivity index (χ1v) is 23.5. The van der Waals surface area contributed by atoms with Crippen molar-refractivity contribution in [2.24, 2.45) is 28.0 Å². The van der Waals surface area contributed by atoms with Crippen molar-refractivity contribution in [3.05, 3.63) is 23.3 Å². The number of phenolic OH excluding ortho intramolecular Hbond substituents is 1. The number of carbonyl (C=O) groups excluding carboxylic acids is 1. The SMILES string of the molecule is CC(=O)O[C@H]1C[C@@H](O)CC[C@]2([C@H](C)O)C#C[C@@H]3CCC[C@@]4(CNCCSSCC5(CCCCC5)NC(N)=NC2)C[C@H](CCN4)Oc2cc(c(C(O)O)cc2O)C[C@@H]31. The van der Waals surface area contributed by atoms with Crippen LogP contribution in [-0.4, -0.2) is 111 Å². The van der Waals surface area contributed by atoms with Crippen molar-refractivity contribution in [2.75, 3.05) is 37.7 Å². The third-order valence-electron chi connectivity index (χ3n) is 13.0. The molecule has 6 bridgehead atoms. The Morgan fingerprint density at radius 2 is 1.84 bits per heavy atom. The molecule has 318 valence electrons. The van der Waals surface area contributed by atoms with E-state index in [0.29, 0.717) is 30.8 Å². The number of phenols is 1. The minimum atomic E-state index is -1.89. The van der Waals surface area contributed by atoms with Crippen molar-refractivity contribution >= 4 is 33.5 Å². The van der Waals surface area contributed by atoms with Gasteiger partial charge < -0.3 is 56.7 Å². The summed E-state index contributed by atoms with van der Waals surface area (Å²) < 4.78 is 12.6. The number of rotatable bonds is 3. The van der Waals surface area contributed by atoms with E-state index < -0.39 is 47.8 Å². The van der Waals surface area contributed by atoms with Gasteiger partial charge >= 0.3 is 5.97 Å². The summed E-state index contributed by atoms with van der Waals surface area (Å²) >= 11 is 0. The molecule has 0 aromatic heterocycles. The number of nitrogens with two attached hydrogens (primary N) is 1. The molecule has 8 atom stereocenters. The Balaban J connectivity index is 1.49. The fourth-order valence-corrected chi connectivity index (χ4v) is 12.2. The number of benzene rings is 1. The van der Waals surface area contributed by atoms with E-state index in [0.717, 1.165) is 76.1 Å². The lowest BCUT2D eigenvalue weighted by atomic mass is 9.72. The van der Waals surface area contributed by atoms with E-state index in [2.05, 4.69) is 27.8 Å². The van der Waals surface area contributed by atoms with E-state index in [1.807, 2.05) is 21.6 Å². The number of aliphatic hydroxyl groups excluding tert-OH is 3. The second kappa shape index (κ2) is 19.8. The average molecular weight is 832 g/mol. The van der Waals surface area contributed by atoms with Crippen LogP contribution in [0.15, 0.2) is 17.1 Å². The predicted octanol–water partition coefficient (Wildman–Crippen LogP) is 3.64. The molecule has 13 nitrogen and oxygen atoms in total. The Morgan fingerprint density at radius 1 is 1.05 bits per heavy atom. The van der Waals surface area contributed by atoms with Crippen molar-refractivity contribution < 1.29 is 39.8 Å². The third kappa shape index (κ3) is 11.4. The van der Waals surface area contributed by atoms with Crippen molar-refractivity contribution in [2.45, 2.75) is 146 Å². The first-order valence-electron chi connectivity index (χ1n) is 21.0. The van der Waals surface area contributed by atoms with Crippen molar-refractivity contribution in [3.63, 3.8) is 0 Å². The van der Waals surface area contributed by atoms with E-state index in [1.165, 1.54) is 19.4 Å². The van der Waals surface area contributed by atoms with Crippen molar-refractivity contribution in [3.8, 4) is 23.3 Å². The Kier molecular flexibility index (Phi) is 15.3. The molecule has 15 heteroatoms. The maximum absolute atomic E-state index is 12.7. The maximum Gasteiger partial charge on any atom is 0.302 e. The Hall–Kier alpha value is -2.42. The zero-order valence-electron chi connectivity index (χ0n) is 33.6. The minimum Gasteiger partial charge on any atom is -0.504 e. The standard InChI is InChI=1S/C42H65N5O8S2/c1-27(48)40-14-8-29-7-6-13-42(25-44-17-18-56-57-26-41(11-4-3-5-12-41)47-39(43)45-24-40)23-32(10-16-46-42)55-37-20-30(34(38(52)53)22-35(37)51)19-33(29)36(54-28(2)49)21-31(50)9-15-40/h20,22,27,29,31-33,36,38,44,46,48,50-53H,3-7,9-13,15-19,21,23-26H2,1-2H3,(H3,43,45,47)/t27-,29-,31-,32-,33-,36-,40+,42-/m0/s1. The number of hydrogen-bond donors (Lipinski definition) is 9. The molecule has 57 heavy (non-hydrogen) atoms. The minimum absolute atomic E-state index is 0.115. The number of hydrogen-bond acceptors (Lipinski definition) is 15. The van der Waals surface area contributed by atoms with Gasteiger partial charge in [0, 0.05) is 72.8 Å². The number of aliphatic hydroxyl groups is 4. The molecule has 0 amide bonds. The number of aliphatic imine (C=N–C) groups is 1. The lowest BCUT2D eigenvalue weighted by molar-refractivity contribution is -0.152. The molecule has 2 aliphatic carbocycles. The lowest BCUT2D eigenvalue weighted by Gasteiger charge is -2.43. The molecule has 0 radical (unpaired) electrons. The quantitative estimate of drug-likeness (QED) is 0.0923. The zero-order valence-corrected chi connectivity index (χ0v) is 35.3. The number of piperidine rings is 1. The van der Waals surface area contributed by atoms with Gasteiger partial charge in [0.25, 0.3) is 0 Å². The summed E-state index contributed by atoms with van der Waals surface area (Å²) in [5.74, 6) is 7.94. The number of ether oxygens (including phenoxy) is 2. The van der Waals surface area contributed by atoms with Gasteiger partial charge in [-0.15, -0.1) is 0 Å². The highest BCUT2D eigenvalue weighted by Crippen LogP contribution is 2.42. The van der Waals surface area contributed by atoms with Gasteiger partial charge in [0.1, 0.15) is 12.2 Å². The van der Waals surface area contributed by atoms with Crippen LogP contribution in [0.3, 0.4) is 0 Å². The molecular formula is C42H65N5O8S2. The van der Waals surface area contributed by atoms with Crippen LogP contribution in [0.5, 0.6) is 11.5 Å². The van der Waals surface area contributed by atoms with E-state index in [4.69, 9.17) is 20.2 Å². The van der Waals surface area contributed by atoms with E-state index in [1.54, 1.807) is 13.0 Å². The molecule has 2 spiro atoms. The molecule has 1 saturated heterocycles. The number of esters is 1. The highest BCUT2D eigenvalue weighted by Gasteiger charge is 2.42. The number of aromatic hydroxyl groups is 1. The number of carbonyl (C=O) groups is 1. The Morgan fingerprint density at radius 3 is 2.60 bits per heavy atom. The molecule has 6 rings (SSSR count). The molecule has 10 N–H and O–H groups in total. The van der Waals surface area contributed by atoms with Crippen LogP contribution in [-0.2, 0) is 16.0 Å². The second-order valence-corrected chi connectivity index (χ2v) is 19.9. The lowest BCUT2D eigenvalue weighted by Crippen LogP contribution is -2.59. The Labute approximate surface area is 345 Å². The first kappa shape index (κ1) is 44.1.